The number of furan rings is 1. The molecule has 134 valence electrons. The maximum Gasteiger partial charge on any atom is 0.350 e. The van der Waals surface area contributed by atoms with Gasteiger partial charge in [0.2, 0.25) is 5.71 Å². The zero-order chi connectivity index (χ0) is 17.2. The molecule has 0 N–H and O–H groups in total. The maximum atomic E-state index is 11.9. The van der Waals surface area contributed by atoms with Crippen LogP contribution in [0.3, 0.4) is 0 Å². The molecule has 2 heterocycles. The van der Waals surface area contributed by atoms with Crippen LogP contribution in [-0.2, 0) is 13.0 Å². The highest BCUT2D eigenvalue weighted by atomic mass is 16.3. The fourth-order valence-electron chi connectivity index (χ4n) is 3.05. The topological polar surface area (TPSA) is 48.0 Å². The van der Waals surface area contributed by atoms with Crippen molar-refractivity contribution in [1.29, 1.82) is 0 Å². The summed E-state index contributed by atoms with van der Waals surface area (Å²) in [6, 6.07) is 2.05. The third-order valence-corrected chi connectivity index (χ3v) is 4.56. The van der Waals surface area contributed by atoms with Gasteiger partial charge in [-0.15, -0.1) is 0 Å². The number of aromatic nitrogens is 2. The molecule has 4 nitrogen and oxygen atoms in total. The van der Waals surface area contributed by atoms with Gasteiger partial charge in [-0.25, -0.2) is 4.79 Å². The molecule has 0 unspecified atom stereocenters. The number of nitrogens with zero attached hydrogens (tertiary/aromatic N) is 2. The van der Waals surface area contributed by atoms with E-state index < -0.39 is 0 Å². The van der Waals surface area contributed by atoms with Gasteiger partial charge in [0.15, 0.2) is 0 Å². The van der Waals surface area contributed by atoms with Crippen LogP contribution in [0.25, 0.3) is 11.1 Å². The SMILES string of the molecule is CCCCCCCCCCc1cc2cn(CCCC)c(=O)nc2o1. The van der Waals surface area contributed by atoms with Gasteiger partial charge < -0.3 is 4.42 Å². The first-order chi connectivity index (χ1) is 11.7. The third kappa shape index (κ3) is 5.81. The molecule has 24 heavy (non-hydrogen) atoms. The Kier molecular flexibility index (Phi) is 8.06. The molecule has 2 aromatic heterocycles. The summed E-state index contributed by atoms with van der Waals surface area (Å²) in [5.41, 5.74) is 0.284. The Hall–Kier alpha value is -1.58. The van der Waals surface area contributed by atoms with E-state index in [0.717, 1.165) is 43.4 Å². The van der Waals surface area contributed by atoms with Crippen LogP contribution in [-0.4, -0.2) is 9.55 Å². The van der Waals surface area contributed by atoms with Crippen LogP contribution in [0.2, 0.25) is 0 Å². The Morgan fingerprint density at radius 3 is 2.33 bits per heavy atom. The lowest BCUT2D eigenvalue weighted by molar-refractivity contribution is 0.508. The summed E-state index contributed by atoms with van der Waals surface area (Å²) in [4.78, 5) is 16.0. The van der Waals surface area contributed by atoms with Crippen molar-refractivity contribution in [3.05, 3.63) is 28.5 Å². The smallest absolute Gasteiger partial charge is 0.350 e. The summed E-state index contributed by atoms with van der Waals surface area (Å²) in [7, 11) is 0. The average Bonchev–Trinajstić information content (AvgIpc) is 2.96. The summed E-state index contributed by atoms with van der Waals surface area (Å²) in [6.45, 7) is 5.11. The Bertz CT molecular complexity index is 657. The molecule has 0 atom stereocenters. The van der Waals surface area contributed by atoms with Gasteiger partial charge in [0.05, 0.1) is 5.39 Å². The molecule has 0 aliphatic rings. The van der Waals surface area contributed by atoms with Crippen molar-refractivity contribution in [1.82, 2.24) is 9.55 Å². The average molecular weight is 332 g/mol. The third-order valence-electron chi connectivity index (χ3n) is 4.56. The van der Waals surface area contributed by atoms with E-state index >= 15 is 0 Å². The van der Waals surface area contributed by atoms with Crippen LogP contribution >= 0.6 is 0 Å². The Morgan fingerprint density at radius 1 is 0.958 bits per heavy atom. The fourth-order valence-corrected chi connectivity index (χ4v) is 3.05. The second-order valence-electron chi connectivity index (χ2n) is 6.77. The molecule has 0 aliphatic heterocycles. The fraction of sp³-hybridized carbons (Fsp3) is 0.700. The second-order valence-corrected chi connectivity index (χ2v) is 6.77. The number of rotatable bonds is 12. The van der Waals surface area contributed by atoms with E-state index in [9.17, 15) is 4.79 Å². The Balaban J connectivity index is 1.79. The minimum atomic E-state index is -0.205. The van der Waals surface area contributed by atoms with E-state index in [0.29, 0.717) is 5.71 Å². The van der Waals surface area contributed by atoms with E-state index in [-0.39, 0.29) is 5.69 Å². The Labute approximate surface area is 145 Å². The molecule has 2 aromatic rings. The predicted octanol–water partition coefficient (Wildman–Crippen LogP) is 5.47. The zero-order valence-corrected chi connectivity index (χ0v) is 15.4. The highest BCUT2D eigenvalue weighted by molar-refractivity contribution is 5.72. The lowest BCUT2D eigenvalue weighted by Gasteiger charge is -2.02. The summed E-state index contributed by atoms with van der Waals surface area (Å²) in [5.74, 6) is 0.955. The van der Waals surface area contributed by atoms with Crippen molar-refractivity contribution in [3.8, 4) is 0 Å². The first-order valence-corrected chi connectivity index (χ1v) is 9.74. The predicted molar refractivity (Wildman–Crippen MR) is 99.5 cm³/mol. The maximum absolute atomic E-state index is 11.9. The van der Waals surface area contributed by atoms with Crippen molar-refractivity contribution in [2.24, 2.45) is 0 Å². The monoisotopic (exact) mass is 332 g/mol. The van der Waals surface area contributed by atoms with E-state index in [1.165, 1.54) is 44.9 Å². The molecule has 4 heteroatoms. The molecule has 0 spiro atoms. The highest BCUT2D eigenvalue weighted by Gasteiger charge is 2.08. The molecule has 0 radical (unpaired) electrons. The largest absolute Gasteiger partial charge is 0.443 e. The van der Waals surface area contributed by atoms with Gasteiger partial charge in [0, 0.05) is 19.2 Å². The van der Waals surface area contributed by atoms with Gasteiger partial charge in [-0.05, 0) is 18.9 Å². The normalized spacial score (nSPS) is 11.4. The number of aryl methyl sites for hydroxylation is 2. The zero-order valence-electron chi connectivity index (χ0n) is 15.4. The van der Waals surface area contributed by atoms with Gasteiger partial charge in [0.25, 0.3) is 0 Å². The van der Waals surface area contributed by atoms with Crippen LogP contribution in [0.1, 0.15) is 83.8 Å². The van der Waals surface area contributed by atoms with Crippen LogP contribution in [0, 0.1) is 0 Å². The summed E-state index contributed by atoms with van der Waals surface area (Å²) < 4.78 is 7.44. The molecule has 0 fully saturated rings. The van der Waals surface area contributed by atoms with Crippen molar-refractivity contribution < 1.29 is 4.42 Å². The number of fused-ring (bicyclic) bond motifs is 1. The van der Waals surface area contributed by atoms with Crippen molar-refractivity contribution in [2.75, 3.05) is 0 Å². The number of unbranched alkanes of at least 4 members (excludes halogenated alkanes) is 8. The summed E-state index contributed by atoms with van der Waals surface area (Å²) >= 11 is 0. The van der Waals surface area contributed by atoms with Gasteiger partial charge in [0.1, 0.15) is 5.76 Å². The second kappa shape index (κ2) is 10.3. The van der Waals surface area contributed by atoms with E-state index in [4.69, 9.17) is 4.42 Å². The molecule has 0 aromatic carbocycles. The van der Waals surface area contributed by atoms with Crippen LogP contribution in [0.4, 0.5) is 0 Å². The van der Waals surface area contributed by atoms with Gasteiger partial charge in [-0.1, -0.05) is 65.2 Å². The van der Waals surface area contributed by atoms with E-state index in [2.05, 4.69) is 18.8 Å². The summed E-state index contributed by atoms with van der Waals surface area (Å²) in [6.07, 6.45) is 15.4. The molecule has 0 saturated carbocycles. The van der Waals surface area contributed by atoms with Crippen LogP contribution in [0.15, 0.2) is 21.5 Å². The lowest BCUT2D eigenvalue weighted by Crippen LogP contribution is -2.21. The van der Waals surface area contributed by atoms with Crippen LogP contribution < -0.4 is 5.69 Å². The molecular weight excluding hydrogens is 300 g/mol. The lowest BCUT2D eigenvalue weighted by atomic mass is 10.1. The minimum absolute atomic E-state index is 0.205. The first kappa shape index (κ1) is 18.8. The summed E-state index contributed by atoms with van der Waals surface area (Å²) in [5, 5.41) is 0.945. The standard InChI is InChI=1S/C20H32N2O2/c1-3-5-7-8-9-10-11-12-13-18-15-17-16-22(14-6-4-2)20(23)21-19(17)24-18/h15-16H,3-14H2,1-2H3. The first-order valence-electron chi connectivity index (χ1n) is 9.74. The van der Waals surface area contributed by atoms with Gasteiger partial charge in [-0.2, -0.15) is 4.98 Å². The Morgan fingerprint density at radius 2 is 1.62 bits per heavy atom. The molecule has 0 saturated heterocycles. The van der Waals surface area contributed by atoms with Gasteiger partial charge in [-0.3, -0.25) is 4.57 Å². The molecule has 2 rings (SSSR count). The van der Waals surface area contributed by atoms with Crippen molar-refractivity contribution >= 4 is 11.1 Å². The number of hydrogen-bond acceptors (Lipinski definition) is 3. The minimum Gasteiger partial charge on any atom is -0.443 e. The number of hydrogen-bond donors (Lipinski definition) is 0. The molecule has 0 amide bonds. The molecule has 0 aliphatic carbocycles. The van der Waals surface area contributed by atoms with Crippen molar-refractivity contribution in [3.63, 3.8) is 0 Å². The molecular formula is C20H32N2O2. The van der Waals surface area contributed by atoms with E-state index in [1.54, 1.807) is 4.57 Å². The quantitative estimate of drug-likeness (QED) is 0.484. The van der Waals surface area contributed by atoms with E-state index in [1.807, 2.05) is 12.3 Å². The molecule has 0 bridgehead atoms. The van der Waals surface area contributed by atoms with Crippen molar-refractivity contribution in [2.45, 2.75) is 91.0 Å². The van der Waals surface area contributed by atoms with Crippen LogP contribution in [0.5, 0.6) is 0 Å². The van der Waals surface area contributed by atoms with Gasteiger partial charge >= 0.3 is 5.69 Å². The highest BCUT2D eigenvalue weighted by Crippen LogP contribution is 2.18.